The Bertz CT molecular complexity index is 646. The molecule has 0 aromatic carbocycles. The van der Waals surface area contributed by atoms with Crippen LogP contribution in [0.4, 0.5) is 20.3 Å². The number of alkyl halides is 2. The molecule has 1 fully saturated rings. The average molecular weight is 342 g/mol. The van der Waals surface area contributed by atoms with Crippen molar-refractivity contribution >= 4 is 11.5 Å². The van der Waals surface area contributed by atoms with E-state index in [4.69, 9.17) is 4.74 Å². The zero-order valence-corrected chi connectivity index (χ0v) is 13.7. The molecule has 0 spiro atoms. The van der Waals surface area contributed by atoms with Crippen LogP contribution < -0.4 is 9.64 Å². The quantitative estimate of drug-likeness (QED) is 0.616. The molecule has 0 atom stereocenters. The van der Waals surface area contributed by atoms with Gasteiger partial charge in [0.2, 0.25) is 11.7 Å². The number of anilines is 1. The third-order valence-electron chi connectivity index (χ3n) is 4.28. The van der Waals surface area contributed by atoms with Crippen LogP contribution in [0.3, 0.4) is 0 Å². The molecule has 3 rings (SSSR count). The summed E-state index contributed by atoms with van der Waals surface area (Å²) < 4.78 is 30.7. The number of pyridine rings is 1. The molecule has 0 aliphatic carbocycles. The maximum atomic E-state index is 12.5. The van der Waals surface area contributed by atoms with Gasteiger partial charge in [-0.25, -0.2) is 8.78 Å². The number of nitro groups is 1. The highest BCUT2D eigenvalue weighted by Gasteiger charge is 2.36. The first-order valence-corrected chi connectivity index (χ1v) is 7.88. The second-order valence-corrected chi connectivity index (χ2v) is 6.77. The van der Waals surface area contributed by atoms with Gasteiger partial charge < -0.3 is 9.64 Å². The normalized spacial score (nSPS) is 20.1. The van der Waals surface area contributed by atoms with Crippen molar-refractivity contribution in [2.24, 2.45) is 0 Å². The van der Waals surface area contributed by atoms with Crippen LogP contribution in [0.1, 0.15) is 19.4 Å². The average Bonchev–Trinajstić information content (AvgIpc) is 2.79. The molecule has 2 aliphatic heterocycles. The molecule has 0 saturated carbocycles. The summed E-state index contributed by atoms with van der Waals surface area (Å²) in [5.74, 6) is 0.684. The molecular weight excluding hydrogens is 322 g/mol. The lowest BCUT2D eigenvalue weighted by Crippen LogP contribution is -2.48. The van der Waals surface area contributed by atoms with Gasteiger partial charge in [-0.3, -0.25) is 15.0 Å². The molecule has 3 heterocycles. The van der Waals surface area contributed by atoms with Crippen molar-refractivity contribution in [2.45, 2.75) is 32.3 Å². The minimum atomic E-state index is -2.38. The summed E-state index contributed by atoms with van der Waals surface area (Å²) in [5, 5.41) is 11.4. The topological polar surface area (TPSA) is 71.7 Å². The van der Waals surface area contributed by atoms with E-state index in [-0.39, 0.29) is 18.1 Å². The van der Waals surface area contributed by atoms with Crippen molar-refractivity contribution in [1.29, 1.82) is 0 Å². The fraction of sp³-hybridized carbons (Fsp3) is 0.667. The Morgan fingerprint density at radius 2 is 2.04 bits per heavy atom. The SMILES string of the molecule is CC1(C)Cc2cc([N+](=O)[O-])c(N3CCN(CC(F)F)CC3)nc2O1. The number of piperazine rings is 1. The van der Waals surface area contributed by atoms with E-state index >= 15 is 0 Å². The summed E-state index contributed by atoms with van der Waals surface area (Å²) in [7, 11) is 0. The molecule has 1 aromatic heterocycles. The zero-order valence-electron chi connectivity index (χ0n) is 13.7. The highest BCUT2D eigenvalue weighted by atomic mass is 19.3. The van der Waals surface area contributed by atoms with Crippen molar-refractivity contribution in [1.82, 2.24) is 9.88 Å². The summed E-state index contributed by atoms with van der Waals surface area (Å²) in [6.45, 7) is 5.22. The van der Waals surface area contributed by atoms with Crippen LogP contribution in [0.2, 0.25) is 0 Å². The van der Waals surface area contributed by atoms with Gasteiger partial charge >= 0.3 is 5.69 Å². The summed E-state index contributed by atoms with van der Waals surface area (Å²) in [4.78, 5) is 18.8. The first-order chi connectivity index (χ1) is 11.2. The van der Waals surface area contributed by atoms with Gasteiger partial charge in [0.1, 0.15) is 5.60 Å². The molecule has 0 amide bonds. The molecule has 24 heavy (non-hydrogen) atoms. The Hall–Kier alpha value is -2.03. The molecule has 2 aliphatic rings. The second-order valence-electron chi connectivity index (χ2n) is 6.77. The molecule has 9 heteroatoms. The van der Waals surface area contributed by atoms with Gasteiger partial charge in [-0.2, -0.15) is 4.98 Å². The number of hydrogen-bond acceptors (Lipinski definition) is 6. The van der Waals surface area contributed by atoms with E-state index in [1.165, 1.54) is 6.07 Å². The van der Waals surface area contributed by atoms with Crippen LogP contribution in [0.5, 0.6) is 5.88 Å². The van der Waals surface area contributed by atoms with Gasteiger partial charge in [-0.15, -0.1) is 0 Å². The highest BCUT2D eigenvalue weighted by molar-refractivity contribution is 5.62. The Morgan fingerprint density at radius 3 is 2.62 bits per heavy atom. The Balaban J connectivity index is 1.82. The number of hydrogen-bond donors (Lipinski definition) is 0. The van der Waals surface area contributed by atoms with Crippen LogP contribution in [0.15, 0.2) is 6.07 Å². The Labute approximate surface area is 138 Å². The third-order valence-corrected chi connectivity index (χ3v) is 4.28. The van der Waals surface area contributed by atoms with Gasteiger partial charge in [-0.05, 0) is 13.8 Å². The predicted molar refractivity (Wildman–Crippen MR) is 84.0 cm³/mol. The fourth-order valence-electron chi connectivity index (χ4n) is 3.19. The van der Waals surface area contributed by atoms with Crippen molar-refractivity contribution in [2.75, 3.05) is 37.6 Å². The molecule has 132 valence electrons. The van der Waals surface area contributed by atoms with E-state index in [9.17, 15) is 18.9 Å². The number of fused-ring (bicyclic) bond motifs is 1. The molecule has 1 aromatic rings. The fourth-order valence-corrected chi connectivity index (χ4v) is 3.19. The van der Waals surface area contributed by atoms with Gasteiger partial charge in [-0.1, -0.05) is 0 Å². The molecule has 0 unspecified atom stereocenters. The van der Waals surface area contributed by atoms with Crippen LogP contribution >= 0.6 is 0 Å². The summed E-state index contributed by atoms with van der Waals surface area (Å²) in [5.41, 5.74) is 0.238. The summed E-state index contributed by atoms with van der Waals surface area (Å²) in [6.07, 6.45) is -1.81. The van der Waals surface area contributed by atoms with Crippen LogP contribution in [0.25, 0.3) is 0 Å². The van der Waals surface area contributed by atoms with Crippen molar-refractivity contribution in [3.8, 4) is 5.88 Å². The van der Waals surface area contributed by atoms with E-state index < -0.39 is 16.9 Å². The largest absolute Gasteiger partial charge is 0.471 e. The lowest BCUT2D eigenvalue weighted by molar-refractivity contribution is -0.384. The first kappa shape index (κ1) is 16.8. The second kappa shape index (κ2) is 6.12. The summed E-state index contributed by atoms with van der Waals surface area (Å²) in [6, 6.07) is 1.53. The van der Waals surface area contributed by atoms with E-state index in [1.54, 1.807) is 9.80 Å². The molecule has 1 saturated heterocycles. The van der Waals surface area contributed by atoms with Gasteiger partial charge in [0, 0.05) is 44.2 Å². The smallest absolute Gasteiger partial charge is 0.312 e. The Morgan fingerprint density at radius 1 is 1.38 bits per heavy atom. The van der Waals surface area contributed by atoms with E-state index in [0.29, 0.717) is 38.5 Å². The van der Waals surface area contributed by atoms with Crippen molar-refractivity contribution in [3.63, 3.8) is 0 Å². The van der Waals surface area contributed by atoms with Gasteiger partial charge in [0.05, 0.1) is 11.5 Å². The van der Waals surface area contributed by atoms with Crippen LogP contribution in [-0.2, 0) is 6.42 Å². The van der Waals surface area contributed by atoms with Crippen LogP contribution in [0, 0.1) is 10.1 Å². The summed E-state index contributed by atoms with van der Waals surface area (Å²) >= 11 is 0. The monoisotopic (exact) mass is 342 g/mol. The maximum Gasteiger partial charge on any atom is 0.312 e. The number of rotatable bonds is 4. The van der Waals surface area contributed by atoms with Crippen molar-refractivity contribution in [3.05, 3.63) is 21.7 Å². The molecule has 7 nitrogen and oxygen atoms in total. The molecule has 0 bridgehead atoms. The number of aromatic nitrogens is 1. The van der Waals surface area contributed by atoms with E-state index in [0.717, 1.165) is 5.56 Å². The molecule has 0 radical (unpaired) electrons. The molecule has 0 N–H and O–H groups in total. The van der Waals surface area contributed by atoms with Crippen molar-refractivity contribution < 1.29 is 18.4 Å². The van der Waals surface area contributed by atoms with E-state index in [2.05, 4.69) is 4.98 Å². The number of ether oxygens (including phenoxy) is 1. The third kappa shape index (κ3) is 3.40. The van der Waals surface area contributed by atoms with Crippen LogP contribution in [-0.4, -0.2) is 59.6 Å². The van der Waals surface area contributed by atoms with Gasteiger partial charge in [0.15, 0.2) is 0 Å². The predicted octanol–water partition coefficient (Wildman–Crippen LogP) is 2.09. The zero-order chi connectivity index (χ0) is 17.5. The molecular formula is C15H20F2N4O3. The van der Waals surface area contributed by atoms with Gasteiger partial charge in [0.25, 0.3) is 6.43 Å². The number of halogens is 2. The minimum Gasteiger partial charge on any atom is -0.471 e. The lowest BCUT2D eigenvalue weighted by atomic mass is 10.0. The lowest BCUT2D eigenvalue weighted by Gasteiger charge is -2.34. The number of nitrogens with zero attached hydrogens (tertiary/aromatic N) is 4. The minimum absolute atomic E-state index is 0.0580. The Kier molecular flexibility index (Phi) is 4.29. The van der Waals surface area contributed by atoms with E-state index in [1.807, 2.05) is 13.8 Å². The standard InChI is InChI=1S/C15H20F2N4O3/c1-15(2)8-10-7-11(21(22)23)13(18-14(10)24-15)20-5-3-19(4-6-20)9-12(16)17/h7,12H,3-6,8-9H2,1-2H3. The first-order valence-electron chi connectivity index (χ1n) is 7.88. The highest BCUT2D eigenvalue weighted by Crippen LogP contribution is 2.39. The maximum absolute atomic E-state index is 12.5.